The normalized spacial score (nSPS) is 19.1. The Morgan fingerprint density at radius 2 is 1.60 bits per heavy atom. The summed E-state index contributed by atoms with van der Waals surface area (Å²) in [6.45, 7) is 9.30. The van der Waals surface area contributed by atoms with E-state index in [0.717, 1.165) is 0 Å². The van der Waals surface area contributed by atoms with Crippen molar-refractivity contribution in [2.45, 2.75) is 52.2 Å². The summed E-state index contributed by atoms with van der Waals surface area (Å²) < 4.78 is 64.8. The van der Waals surface area contributed by atoms with Crippen molar-refractivity contribution >= 4 is 12.6 Å². The summed E-state index contributed by atoms with van der Waals surface area (Å²) in [5.41, 5.74) is -1.40. The third-order valence-corrected chi connectivity index (χ3v) is 4.24. The summed E-state index contributed by atoms with van der Waals surface area (Å²) >= 11 is 0. The first-order chi connectivity index (χ1) is 11.5. The first-order valence-electron chi connectivity index (χ1n) is 7.91. The molecule has 1 fully saturated rings. The van der Waals surface area contributed by atoms with Gasteiger partial charge in [-0.3, -0.25) is 0 Å². The molecular weight excluding hydrogens is 340 g/mol. The zero-order chi connectivity index (χ0) is 18.9. The van der Waals surface area contributed by atoms with Gasteiger partial charge in [-0.2, -0.15) is 0 Å². The van der Waals surface area contributed by atoms with E-state index in [-0.39, 0.29) is 18.0 Å². The molecule has 0 N–H and O–H groups in total. The third kappa shape index (κ3) is 4.59. The Bertz CT molecular complexity index is 588. The Kier molecular flexibility index (Phi) is 5.60. The highest BCUT2D eigenvalue weighted by Gasteiger charge is 2.54. The highest BCUT2D eigenvalue weighted by molar-refractivity contribution is 6.64. The second-order valence-electron chi connectivity index (χ2n) is 6.56. The molecule has 0 spiro atoms. The SMILES string of the molecule is CCOCOc1cccc(OC(F)(F)F)c1B1OC(C)(C)C(C)(C)O1. The Hall–Kier alpha value is -1.45. The Balaban J connectivity index is 2.41. The molecule has 2 rings (SSSR count). The monoisotopic (exact) mass is 362 g/mol. The van der Waals surface area contributed by atoms with Gasteiger partial charge in [-0.15, -0.1) is 13.2 Å². The summed E-state index contributed by atoms with van der Waals surface area (Å²) in [7, 11) is -1.07. The fraction of sp³-hybridized carbons (Fsp3) is 0.625. The second kappa shape index (κ2) is 7.05. The van der Waals surface area contributed by atoms with Crippen LogP contribution in [0.3, 0.4) is 0 Å². The minimum Gasteiger partial charge on any atom is -0.468 e. The molecule has 0 saturated carbocycles. The van der Waals surface area contributed by atoms with Gasteiger partial charge in [0.05, 0.1) is 16.7 Å². The lowest BCUT2D eigenvalue weighted by Crippen LogP contribution is -2.41. The highest BCUT2D eigenvalue weighted by atomic mass is 19.4. The molecule has 9 heteroatoms. The standard InChI is InChI=1S/C16H22BF3O5/c1-6-21-10-22-11-8-7-9-12(23-16(18,19)20)13(11)17-24-14(2,3)15(4,5)25-17/h7-9H,6,10H2,1-5H3. The number of hydrogen-bond acceptors (Lipinski definition) is 5. The molecule has 1 heterocycles. The van der Waals surface area contributed by atoms with E-state index in [1.165, 1.54) is 18.2 Å². The molecule has 140 valence electrons. The van der Waals surface area contributed by atoms with E-state index >= 15 is 0 Å². The molecule has 1 aliphatic rings. The molecule has 1 saturated heterocycles. The van der Waals surface area contributed by atoms with Gasteiger partial charge in [0.2, 0.25) is 0 Å². The third-order valence-electron chi connectivity index (χ3n) is 4.24. The van der Waals surface area contributed by atoms with Gasteiger partial charge >= 0.3 is 13.5 Å². The van der Waals surface area contributed by atoms with Crippen molar-refractivity contribution < 1.29 is 36.7 Å². The van der Waals surface area contributed by atoms with Gasteiger partial charge in [-0.05, 0) is 46.8 Å². The number of alkyl halides is 3. The molecule has 0 unspecified atom stereocenters. The van der Waals surface area contributed by atoms with Crippen LogP contribution in [0.15, 0.2) is 18.2 Å². The zero-order valence-electron chi connectivity index (χ0n) is 14.9. The summed E-state index contributed by atoms with van der Waals surface area (Å²) in [4.78, 5) is 0. The Labute approximate surface area is 145 Å². The smallest absolute Gasteiger partial charge is 0.468 e. The second-order valence-corrected chi connectivity index (χ2v) is 6.56. The number of rotatable bonds is 6. The predicted octanol–water partition coefficient (Wildman–Crippen LogP) is 3.26. The number of hydrogen-bond donors (Lipinski definition) is 0. The van der Waals surface area contributed by atoms with Gasteiger partial charge in [-0.25, -0.2) is 0 Å². The van der Waals surface area contributed by atoms with E-state index in [1.807, 2.05) is 0 Å². The van der Waals surface area contributed by atoms with Crippen LogP contribution < -0.4 is 14.9 Å². The molecule has 0 atom stereocenters. The molecule has 25 heavy (non-hydrogen) atoms. The lowest BCUT2D eigenvalue weighted by atomic mass is 9.77. The van der Waals surface area contributed by atoms with Crippen molar-refractivity contribution in [2.75, 3.05) is 13.4 Å². The average molecular weight is 362 g/mol. The maximum Gasteiger partial charge on any atom is 0.573 e. The first-order valence-corrected chi connectivity index (χ1v) is 7.91. The summed E-state index contributed by atoms with van der Waals surface area (Å²) in [5, 5.41) is 0. The molecule has 5 nitrogen and oxygen atoms in total. The fourth-order valence-electron chi connectivity index (χ4n) is 2.25. The molecule has 1 aliphatic heterocycles. The molecule has 0 radical (unpaired) electrons. The molecule has 0 amide bonds. The van der Waals surface area contributed by atoms with Crippen LogP contribution in [0.5, 0.6) is 11.5 Å². The lowest BCUT2D eigenvalue weighted by Gasteiger charge is -2.32. The maximum atomic E-state index is 12.8. The van der Waals surface area contributed by atoms with Crippen LogP contribution in [0.25, 0.3) is 0 Å². The zero-order valence-corrected chi connectivity index (χ0v) is 14.9. The van der Waals surface area contributed by atoms with Crippen molar-refractivity contribution in [1.82, 2.24) is 0 Å². The first kappa shape index (κ1) is 19.9. The quantitative estimate of drug-likeness (QED) is 0.442. The summed E-state index contributed by atoms with van der Waals surface area (Å²) in [6.07, 6.45) is -4.85. The van der Waals surface area contributed by atoms with Crippen LogP contribution in [0.4, 0.5) is 13.2 Å². The van der Waals surface area contributed by atoms with E-state index in [9.17, 15) is 13.2 Å². The van der Waals surface area contributed by atoms with Crippen LogP contribution in [-0.4, -0.2) is 38.1 Å². The van der Waals surface area contributed by atoms with Crippen molar-refractivity contribution in [3.63, 3.8) is 0 Å². The van der Waals surface area contributed by atoms with Gasteiger partial charge in [0, 0.05) is 6.61 Å². The van der Waals surface area contributed by atoms with E-state index < -0.39 is 30.4 Å². The molecule has 1 aromatic rings. The Morgan fingerprint density at radius 3 is 2.12 bits per heavy atom. The summed E-state index contributed by atoms with van der Waals surface area (Å²) in [5.74, 6) is -0.284. The van der Waals surface area contributed by atoms with Crippen molar-refractivity contribution in [3.05, 3.63) is 18.2 Å². The van der Waals surface area contributed by atoms with Crippen molar-refractivity contribution in [1.29, 1.82) is 0 Å². The number of ether oxygens (including phenoxy) is 3. The maximum absolute atomic E-state index is 12.8. The average Bonchev–Trinajstić information content (AvgIpc) is 2.65. The Morgan fingerprint density at radius 1 is 1.04 bits per heavy atom. The predicted molar refractivity (Wildman–Crippen MR) is 86.0 cm³/mol. The number of halogens is 3. The minimum atomic E-state index is -4.85. The van der Waals surface area contributed by atoms with E-state index in [2.05, 4.69) is 4.74 Å². The minimum absolute atomic E-state index is 0.0400. The topological polar surface area (TPSA) is 46.2 Å². The van der Waals surface area contributed by atoms with Crippen LogP contribution in [0, 0.1) is 0 Å². The molecule has 0 aliphatic carbocycles. The van der Waals surface area contributed by atoms with Gasteiger partial charge in [-0.1, -0.05) is 6.07 Å². The van der Waals surface area contributed by atoms with Crippen LogP contribution >= 0.6 is 0 Å². The molecule has 0 bridgehead atoms. The van der Waals surface area contributed by atoms with Crippen LogP contribution in [0.2, 0.25) is 0 Å². The van der Waals surface area contributed by atoms with Gasteiger partial charge < -0.3 is 23.5 Å². The largest absolute Gasteiger partial charge is 0.573 e. The summed E-state index contributed by atoms with van der Waals surface area (Å²) in [6, 6.07) is 4.11. The van der Waals surface area contributed by atoms with Crippen LogP contribution in [0.1, 0.15) is 34.6 Å². The fourth-order valence-corrected chi connectivity index (χ4v) is 2.25. The van der Waals surface area contributed by atoms with E-state index in [1.54, 1.807) is 34.6 Å². The van der Waals surface area contributed by atoms with Crippen LogP contribution in [-0.2, 0) is 14.0 Å². The van der Waals surface area contributed by atoms with E-state index in [0.29, 0.717) is 6.61 Å². The van der Waals surface area contributed by atoms with E-state index in [4.69, 9.17) is 18.8 Å². The molecular formula is C16H22BF3O5. The van der Waals surface area contributed by atoms with Crippen molar-refractivity contribution in [3.8, 4) is 11.5 Å². The molecule has 1 aromatic carbocycles. The molecule has 0 aromatic heterocycles. The van der Waals surface area contributed by atoms with Gasteiger partial charge in [0.25, 0.3) is 0 Å². The number of benzene rings is 1. The van der Waals surface area contributed by atoms with Crippen molar-refractivity contribution in [2.24, 2.45) is 0 Å². The highest BCUT2D eigenvalue weighted by Crippen LogP contribution is 2.38. The lowest BCUT2D eigenvalue weighted by molar-refractivity contribution is -0.274. The van der Waals surface area contributed by atoms with Gasteiger partial charge in [0.1, 0.15) is 11.5 Å². The van der Waals surface area contributed by atoms with Gasteiger partial charge in [0.15, 0.2) is 6.79 Å².